The monoisotopic (exact) mass is 1060 g/mol. The fourth-order valence-corrected chi connectivity index (χ4v) is 13.3. The highest BCUT2D eigenvalue weighted by molar-refractivity contribution is 7.26. The molecule has 16 rings (SSSR count). The van der Waals surface area contributed by atoms with Gasteiger partial charge < -0.3 is 4.57 Å². The van der Waals surface area contributed by atoms with Gasteiger partial charge in [-0.25, -0.2) is 15.0 Å². The lowest BCUT2D eigenvalue weighted by atomic mass is 9.95. The van der Waals surface area contributed by atoms with E-state index in [9.17, 15) is 0 Å². The van der Waals surface area contributed by atoms with E-state index in [4.69, 9.17) is 15.0 Å². The molecule has 0 fully saturated rings. The number of thiophene rings is 1. The third-order valence-electron chi connectivity index (χ3n) is 16.3. The van der Waals surface area contributed by atoms with Crippen molar-refractivity contribution < 1.29 is 0 Å². The molecule has 0 N–H and O–H groups in total. The van der Waals surface area contributed by atoms with Gasteiger partial charge >= 0.3 is 0 Å². The largest absolute Gasteiger partial charge is 0.309 e. The molecule has 13 aromatic carbocycles. The van der Waals surface area contributed by atoms with Crippen molar-refractivity contribution in [2.45, 2.75) is 0 Å². The van der Waals surface area contributed by atoms with E-state index in [1.807, 2.05) is 11.3 Å². The first kappa shape index (κ1) is 47.4. The van der Waals surface area contributed by atoms with E-state index in [0.29, 0.717) is 17.5 Å². The standard InChI is InChI=1S/C77H48N4S/c1-3-14-49(15-4-1)51-26-30-53(31-27-51)55-34-38-58(39-35-55)75-78-76(59-40-36-56(37-41-59)54-32-28-52(29-33-54)50-16-5-2-6-17-50)80-77(79-75)62-43-44-68(66(47-62)64-23-13-25-72-74(64)65-22-11-12-24-71(65)82-72)81-69-45-42-57-18-9-10-21-63(57)73(69)67-46-60-19-7-8-20-61(60)48-70(67)81/h1-48H. The Morgan fingerprint density at radius 3 is 1.26 bits per heavy atom. The van der Waals surface area contributed by atoms with Gasteiger partial charge in [0, 0.05) is 53.2 Å². The summed E-state index contributed by atoms with van der Waals surface area (Å²) in [5, 5.41) is 9.80. The van der Waals surface area contributed by atoms with E-state index in [2.05, 4.69) is 296 Å². The molecule has 0 amide bonds. The van der Waals surface area contributed by atoms with E-state index in [1.54, 1.807) is 0 Å². The number of rotatable bonds is 9. The van der Waals surface area contributed by atoms with Crippen molar-refractivity contribution in [3.05, 3.63) is 291 Å². The average molecular weight is 1060 g/mol. The van der Waals surface area contributed by atoms with Gasteiger partial charge in [-0.05, 0) is 120 Å². The van der Waals surface area contributed by atoms with Gasteiger partial charge in [-0.2, -0.15) is 0 Å². The summed E-state index contributed by atoms with van der Waals surface area (Å²) in [7, 11) is 0. The maximum atomic E-state index is 5.42. The van der Waals surface area contributed by atoms with Crippen LogP contribution in [0.5, 0.6) is 0 Å². The summed E-state index contributed by atoms with van der Waals surface area (Å²) in [4.78, 5) is 16.1. The molecule has 4 nitrogen and oxygen atoms in total. The number of fused-ring (bicyclic) bond motifs is 9. The highest BCUT2D eigenvalue weighted by atomic mass is 32.1. The molecule has 0 atom stereocenters. The van der Waals surface area contributed by atoms with Gasteiger partial charge in [0.25, 0.3) is 0 Å². The Balaban J connectivity index is 0.882. The van der Waals surface area contributed by atoms with Gasteiger partial charge in [0.2, 0.25) is 0 Å². The molecule has 3 heterocycles. The second-order valence-corrected chi connectivity index (χ2v) is 22.2. The molecule has 0 aliphatic heterocycles. The van der Waals surface area contributed by atoms with Gasteiger partial charge in [-0.3, -0.25) is 0 Å². The molecule has 0 aliphatic carbocycles. The molecule has 0 saturated carbocycles. The Labute approximate surface area is 478 Å². The minimum absolute atomic E-state index is 0.593. The van der Waals surface area contributed by atoms with Crippen LogP contribution >= 0.6 is 11.3 Å². The minimum atomic E-state index is 0.593. The quantitative estimate of drug-likeness (QED) is 0.145. The predicted octanol–water partition coefficient (Wildman–Crippen LogP) is 21.0. The van der Waals surface area contributed by atoms with E-state index in [-0.39, 0.29) is 0 Å². The van der Waals surface area contributed by atoms with Crippen LogP contribution in [-0.2, 0) is 0 Å². The predicted molar refractivity (Wildman–Crippen MR) is 346 cm³/mol. The van der Waals surface area contributed by atoms with Crippen LogP contribution < -0.4 is 0 Å². The summed E-state index contributed by atoms with van der Waals surface area (Å²) in [6, 6.07) is 105. The highest BCUT2D eigenvalue weighted by Crippen LogP contribution is 2.46. The van der Waals surface area contributed by atoms with Gasteiger partial charge in [0.1, 0.15) is 0 Å². The summed E-state index contributed by atoms with van der Waals surface area (Å²) in [6.07, 6.45) is 0. The molecule has 0 saturated heterocycles. The fraction of sp³-hybridized carbons (Fsp3) is 0. The summed E-state index contributed by atoms with van der Waals surface area (Å²) >= 11 is 1.84. The molecule has 382 valence electrons. The van der Waals surface area contributed by atoms with Crippen LogP contribution in [0.4, 0.5) is 0 Å². The fourth-order valence-electron chi connectivity index (χ4n) is 12.2. The summed E-state index contributed by atoms with van der Waals surface area (Å²) in [5.74, 6) is 1.80. The molecular weight excluding hydrogens is 1010 g/mol. The molecule has 0 aliphatic rings. The lowest BCUT2D eigenvalue weighted by Gasteiger charge is -2.17. The molecule has 0 radical (unpaired) electrons. The zero-order valence-electron chi connectivity index (χ0n) is 44.4. The van der Waals surface area contributed by atoms with Crippen LogP contribution in [0.3, 0.4) is 0 Å². The van der Waals surface area contributed by atoms with E-state index in [1.165, 1.54) is 74.7 Å². The van der Waals surface area contributed by atoms with Crippen LogP contribution in [0.25, 0.3) is 159 Å². The van der Waals surface area contributed by atoms with E-state index in [0.717, 1.165) is 66.8 Å². The summed E-state index contributed by atoms with van der Waals surface area (Å²) < 4.78 is 4.99. The number of hydrogen-bond acceptors (Lipinski definition) is 4. The molecule has 0 unspecified atom stereocenters. The van der Waals surface area contributed by atoms with Crippen LogP contribution in [-0.4, -0.2) is 19.5 Å². The van der Waals surface area contributed by atoms with E-state index < -0.39 is 0 Å². The maximum absolute atomic E-state index is 5.42. The van der Waals surface area contributed by atoms with Crippen molar-refractivity contribution in [3.8, 4) is 95.5 Å². The Hall–Kier alpha value is -10.6. The first-order valence-corrected chi connectivity index (χ1v) is 28.6. The van der Waals surface area contributed by atoms with Crippen LogP contribution in [0.1, 0.15) is 0 Å². The third-order valence-corrected chi connectivity index (χ3v) is 17.4. The summed E-state index contributed by atoms with van der Waals surface area (Å²) in [6.45, 7) is 0. The average Bonchev–Trinajstić information content (AvgIpc) is 3.73. The SMILES string of the molecule is c1ccc(-c2ccc(-c3ccc(-c4nc(-c5ccc(-c6ccc(-c7ccccc7)cc6)cc5)nc(-c5ccc(-n6c7cc8ccccc8cc7c7c8ccccc8ccc76)c(-c6cccc7sc8ccccc8c67)c5)n4)cc3)cc2)cc1. The van der Waals surface area contributed by atoms with Crippen molar-refractivity contribution >= 4 is 74.9 Å². The molecule has 0 bridgehead atoms. The lowest BCUT2D eigenvalue weighted by Crippen LogP contribution is -2.02. The number of aromatic nitrogens is 4. The molecule has 3 aromatic heterocycles. The third kappa shape index (κ3) is 8.25. The zero-order valence-corrected chi connectivity index (χ0v) is 45.2. The number of hydrogen-bond donors (Lipinski definition) is 0. The lowest BCUT2D eigenvalue weighted by molar-refractivity contribution is 1.07. The Morgan fingerprint density at radius 2 is 0.683 bits per heavy atom. The van der Waals surface area contributed by atoms with Gasteiger partial charge in [-0.15, -0.1) is 11.3 Å². The first-order chi connectivity index (χ1) is 40.6. The summed E-state index contributed by atoms with van der Waals surface area (Å²) in [5.41, 5.74) is 17.6. The van der Waals surface area contributed by atoms with Gasteiger partial charge in [0.15, 0.2) is 17.5 Å². The Kier molecular flexibility index (Phi) is 11.4. The topological polar surface area (TPSA) is 43.6 Å². The number of benzene rings is 13. The second-order valence-electron chi connectivity index (χ2n) is 21.1. The first-order valence-electron chi connectivity index (χ1n) is 27.8. The van der Waals surface area contributed by atoms with Crippen molar-refractivity contribution in [1.82, 2.24) is 19.5 Å². The minimum Gasteiger partial charge on any atom is -0.309 e. The van der Waals surface area contributed by atoms with Crippen molar-refractivity contribution in [3.63, 3.8) is 0 Å². The second kappa shape index (κ2) is 19.6. The molecule has 16 aromatic rings. The zero-order chi connectivity index (χ0) is 54.1. The highest BCUT2D eigenvalue weighted by Gasteiger charge is 2.23. The molecule has 5 heteroatoms. The maximum Gasteiger partial charge on any atom is 0.164 e. The van der Waals surface area contributed by atoms with E-state index >= 15 is 0 Å². The van der Waals surface area contributed by atoms with Crippen molar-refractivity contribution in [1.29, 1.82) is 0 Å². The van der Waals surface area contributed by atoms with Gasteiger partial charge in [-0.1, -0.05) is 243 Å². The molecule has 0 spiro atoms. The number of nitrogens with zero attached hydrogens (tertiary/aromatic N) is 4. The van der Waals surface area contributed by atoms with Crippen LogP contribution in [0, 0.1) is 0 Å². The van der Waals surface area contributed by atoms with Crippen LogP contribution in [0.2, 0.25) is 0 Å². The van der Waals surface area contributed by atoms with Crippen LogP contribution in [0.15, 0.2) is 291 Å². The Bertz CT molecular complexity index is 4960. The van der Waals surface area contributed by atoms with Crippen molar-refractivity contribution in [2.24, 2.45) is 0 Å². The Morgan fingerprint density at radius 1 is 0.244 bits per heavy atom. The smallest absolute Gasteiger partial charge is 0.164 e. The molecule has 82 heavy (non-hydrogen) atoms. The van der Waals surface area contributed by atoms with Crippen molar-refractivity contribution in [2.75, 3.05) is 0 Å². The molecular formula is C77H48N4S. The normalized spacial score (nSPS) is 11.7. The van der Waals surface area contributed by atoms with Gasteiger partial charge in [0.05, 0.1) is 16.7 Å².